The number of halogens is 3. The van der Waals surface area contributed by atoms with Gasteiger partial charge in [0.05, 0.1) is 24.7 Å². The Labute approximate surface area is 247 Å². The summed E-state index contributed by atoms with van der Waals surface area (Å²) < 4.78 is 40.4. The van der Waals surface area contributed by atoms with Gasteiger partial charge < -0.3 is 0 Å². The molecule has 0 unspecified atom stereocenters. The van der Waals surface area contributed by atoms with Crippen LogP contribution in [0.15, 0.2) is 0 Å². The second-order valence-corrected chi connectivity index (χ2v) is 23.6. The van der Waals surface area contributed by atoms with Gasteiger partial charge in [0.15, 0.2) is 0 Å². The van der Waals surface area contributed by atoms with Crippen LogP contribution in [-0.4, -0.2) is 51.3 Å². The predicted molar refractivity (Wildman–Crippen MR) is 160 cm³/mol. The predicted octanol–water partition coefficient (Wildman–Crippen LogP) is 10.7. The minimum absolute atomic E-state index is 0. The van der Waals surface area contributed by atoms with E-state index in [0.29, 0.717) is 0 Å². The Hall–Kier alpha value is 0.778. The van der Waals surface area contributed by atoms with Crippen molar-refractivity contribution < 1.29 is 48.0 Å². The first-order valence-corrected chi connectivity index (χ1v) is 15.2. The van der Waals surface area contributed by atoms with Gasteiger partial charge in [0.25, 0.3) is 20.4 Å². The van der Waals surface area contributed by atoms with Crippen molar-refractivity contribution in [1.29, 1.82) is 0 Å². The molecule has 0 aliphatic heterocycles. The molecule has 0 N–H and O–H groups in total. The maximum absolute atomic E-state index is 13.5. The standard InChI is InChI=1S/3C8H18FP.3CO.Mo/c3*1-7(2,3)10(9)8(4,5)6;3*1-2;/h3*1-6H3;;;;. The average molecular weight is 673 g/mol. The maximum Gasteiger partial charge on any atom is 0.281 e. The third kappa shape index (κ3) is 32.9. The van der Waals surface area contributed by atoms with Gasteiger partial charge in [-0.15, -0.1) is 0 Å². The Bertz CT molecular complexity index is 411. The van der Waals surface area contributed by atoms with E-state index in [9.17, 15) is 12.6 Å². The molecule has 0 aliphatic carbocycles. The molecule has 6 radical (unpaired) electrons. The van der Waals surface area contributed by atoms with E-state index in [0.717, 1.165) is 0 Å². The van der Waals surface area contributed by atoms with Gasteiger partial charge in [-0.3, -0.25) is 14.4 Å². The fourth-order valence-electron chi connectivity index (χ4n) is 3.02. The van der Waals surface area contributed by atoms with Crippen LogP contribution in [0.4, 0.5) is 12.6 Å². The molecule has 0 aromatic heterocycles. The summed E-state index contributed by atoms with van der Waals surface area (Å²) in [5.74, 6) is 0. The molecule has 0 spiro atoms. The summed E-state index contributed by atoms with van der Waals surface area (Å²) in [4.78, 5) is 22.5. The molecule has 0 rings (SSSR count). The van der Waals surface area contributed by atoms with Crippen LogP contribution in [0.25, 0.3) is 0 Å². The molecule has 0 heterocycles. The van der Waals surface area contributed by atoms with Crippen molar-refractivity contribution in [2.45, 2.75) is 156 Å². The van der Waals surface area contributed by atoms with Gasteiger partial charge in [-0.05, 0) is 0 Å². The molecular weight excluding hydrogens is 618 g/mol. The number of hydrogen-bond acceptors (Lipinski definition) is 3. The van der Waals surface area contributed by atoms with Crippen molar-refractivity contribution in [1.82, 2.24) is 0 Å². The molecule has 0 aromatic rings. The molecule has 10 heteroatoms. The number of hydrogen-bond donors (Lipinski definition) is 0. The van der Waals surface area contributed by atoms with Gasteiger partial charge >= 0.3 is 0 Å². The molecule has 222 valence electrons. The quantitative estimate of drug-likeness (QED) is 0.190. The van der Waals surface area contributed by atoms with E-state index in [1.54, 1.807) is 0 Å². The topological polar surface area (TPSA) is 51.2 Å². The van der Waals surface area contributed by atoms with Crippen molar-refractivity contribution in [3.63, 3.8) is 0 Å². The summed E-state index contributed by atoms with van der Waals surface area (Å²) in [5, 5.41) is -0.955. The van der Waals surface area contributed by atoms with Crippen molar-refractivity contribution in [2.75, 3.05) is 0 Å². The normalized spacial score (nSPS) is 12.0. The summed E-state index contributed by atoms with van der Waals surface area (Å²) >= 11 is 0. The maximum atomic E-state index is 13.5. The summed E-state index contributed by atoms with van der Waals surface area (Å²) in [6, 6.07) is 0. The van der Waals surface area contributed by atoms with Gasteiger partial charge in [0, 0.05) is 52.0 Å². The van der Waals surface area contributed by atoms with Gasteiger partial charge in [0.1, 0.15) is 0 Å². The van der Waals surface area contributed by atoms with Crippen LogP contribution in [0.5, 0.6) is 0 Å². The van der Waals surface area contributed by atoms with Crippen LogP contribution < -0.4 is 0 Å². The minimum atomic E-state index is -1.36. The summed E-state index contributed by atoms with van der Waals surface area (Å²) in [6.07, 6.45) is 0. The molecule has 37 heavy (non-hydrogen) atoms. The molecule has 0 saturated heterocycles. The molecule has 0 aromatic carbocycles. The Kier molecular flexibility index (Phi) is 32.8. The van der Waals surface area contributed by atoms with E-state index in [-0.39, 0.29) is 52.0 Å². The molecule has 0 amide bonds. The smallest absolute Gasteiger partial charge is 0.281 e. The molecule has 0 atom stereocenters. The Balaban J connectivity index is -0.0000000651. The zero-order valence-electron chi connectivity index (χ0n) is 26.6. The number of rotatable bonds is 0. The van der Waals surface area contributed by atoms with Crippen LogP contribution in [0.2, 0.25) is 0 Å². The van der Waals surface area contributed by atoms with Crippen LogP contribution in [0.1, 0.15) is 125 Å². The molecular formula is C27H54F3MoO3P3. The van der Waals surface area contributed by atoms with Gasteiger partial charge in [-0.25, -0.2) is 12.6 Å². The summed E-state index contributed by atoms with van der Waals surface area (Å²) in [5.41, 5.74) is 0. The molecule has 0 bridgehead atoms. The zero-order valence-corrected chi connectivity index (χ0v) is 31.3. The van der Waals surface area contributed by atoms with E-state index in [2.05, 4.69) is 20.4 Å². The molecule has 0 fully saturated rings. The van der Waals surface area contributed by atoms with E-state index in [1.165, 1.54) is 0 Å². The Morgan fingerprint density at radius 3 is 0.378 bits per heavy atom. The fraction of sp³-hybridized carbons (Fsp3) is 0.889. The van der Waals surface area contributed by atoms with Crippen molar-refractivity contribution in [3.8, 4) is 0 Å². The minimum Gasteiger partial charge on any atom is -0.281 e. The van der Waals surface area contributed by atoms with E-state index < -0.39 is 24.7 Å². The first-order valence-electron chi connectivity index (χ1n) is 11.5. The first kappa shape index (κ1) is 53.9. The monoisotopic (exact) mass is 674 g/mol. The zero-order chi connectivity index (χ0) is 31.7. The number of carbonyl (C=O) groups excluding carboxylic acids is 3. The Morgan fingerprint density at radius 1 is 0.324 bits per heavy atom. The first-order chi connectivity index (χ1) is 15.5. The Morgan fingerprint density at radius 2 is 0.378 bits per heavy atom. The van der Waals surface area contributed by atoms with Gasteiger partial charge in [0.2, 0.25) is 0 Å². The van der Waals surface area contributed by atoms with Crippen molar-refractivity contribution in [2.24, 2.45) is 0 Å². The van der Waals surface area contributed by atoms with Gasteiger partial charge in [-0.2, -0.15) is 0 Å². The van der Waals surface area contributed by atoms with Crippen LogP contribution in [0.3, 0.4) is 0 Å². The third-order valence-electron chi connectivity index (χ3n) is 3.53. The van der Waals surface area contributed by atoms with E-state index in [1.807, 2.05) is 125 Å². The van der Waals surface area contributed by atoms with Crippen molar-refractivity contribution in [3.05, 3.63) is 0 Å². The second kappa shape index (κ2) is 22.5. The summed E-state index contributed by atoms with van der Waals surface area (Å²) in [7, 11) is -4.09. The van der Waals surface area contributed by atoms with Crippen LogP contribution in [0, 0.1) is 0 Å². The molecule has 3 nitrogen and oxygen atoms in total. The van der Waals surface area contributed by atoms with Crippen molar-refractivity contribution >= 4 is 45.1 Å². The third-order valence-corrected chi connectivity index (χ3v) is 10.6. The summed E-state index contributed by atoms with van der Waals surface area (Å²) in [6.45, 7) is 48.8. The van der Waals surface area contributed by atoms with Crippen LogP contribution in [-0.2, 0) is 35.4 Å². The van der Waals surface area contributed by atoms with Crippen LogP contribution >= 0.6 is 24.7 Å². The molecule has 0 saturated carbocycles. The van der Waals surface area contributed by atoms with E-state index >= 15 is 0 Å². The average Bonchev–Trinajstić information content (AvgIpc) is 2.67. The second-order valence-electron chi connectivity index (χ2n) is 13.9. The largest absolute Gasteiger partial charge is 0.281 e. The molecule has 0 aliphatic rings. The van der Waals surface area contributed by atoms with E-state index in [4.69, 9.17) is 14.4 Å². The fourth-order valence-corrected chi connectivity index (χ4v) is 9.06. The SMILES string of the molecule is CC(C)(C)P(F)C(C)(C)C.CC(C)(C)P(F)C(C)(C)C.CC(C)(C)P(F)C(C)(C)C.[C]=O.[C]=O.[C]=O.[Mo]. The van der Waals surface area contributed by atoms with Gasteiger partial charge in [-0.1, -0.05) is 125 Å².